The molecule has 0 aromatic rings. The molecule has 3 aliphatic rings. The van der Waals surface area contributed by atoms with Crippen LogP contribution in [0, 0.1) is 17.8 Å². The Morgan fingerprint density at radius 3 is 2.67 bits per heavy atom. The van der Waals surface area contributed by atoms with Crippen LogP contribution >= 0.6 is 0 Å². The van der Waals surface area contributed by atoms with Gasteiger partial charge in [-0.15, -0.1) is 0 Å². The lowest BCUT2D eigenvalue weighted by molar-refractivity contribution is -0.154. The Labute approximate surface area is 130 Å². The first-order valence-electron chi connectivity index (χ1n) is 9.14. The van der Waals surface area contributed by atoms with E-state index >= 15 is 0 Å². The number of rotatable bonds is 4. The first kappa shape index (κ1) is 15.8. The van der Waals surface area contributed by atoms with E-state index in [9.17, 15) is 0 Å². The largest absolute Gasteiger partial charge is 0.381 e. The van der Waals surface area contributed by atoms with Crippen LogP contribution < -0.4 is 5.32 Å². The van der Waals surface area contributed by atoms with Crippen molar-refractivity contribution >= 4 is 0 Å². The minimum absolute atomic E-state index is 0.166. The van der Waals surface area contributed by atoms with Crippen LogP contribution in [0.4, 0.5) is 0 Å². The zero-order chi connectivity index (χ0) is 14.7. The van der Waals surface area contributed by atoms with E-state index in [1.165, 1.54) is 38.6 Å². The van der Waals surface area contributed by atoms with Crippen LogP contribution in [0.3, 0.4) is 0 Å². The molecule has 1 aliphatic carbocycles. The summed E-state index contributed by atoms with van der Waals surface area (Å²) in [6.45, 7) is 8.51. The molecule has 21 heavy (non-hydrogen) atoms. The summed E-state index contributed by atoms with van der Waals surface area (Å²) < 4.78 is 11.8. The lowest BCUT2D eigenvalue weighted by Crippen LogP contribution is -2.46. The molecule has 0 amide bonds. The van der Waals surface area contributed by atoms with E-state index in [2.05, 4.69) is 19.2 Å². The Balaban J connectivity index is 1.59. The van der Waals surface area contributed by atoms with Crippen LogP contribution in [0.1, 0.15) is 58.8 Å². The standard InChI is InChI=1S/C18H33NO2/c1-14(2)19-13-16-4-3-5-17(16)15-6-9-21-18(12-15)7-10-20-11-8-18/h14-17,19H,3-13H2,1-2H3. The molecule has 1 saturated carbocycles. The maximum atomic E-state index is 6.23. The molecule has 2 saturated heterocycles. The third-order valence-corrected chi connectivity index (χ3v) is 6.05. The Kier molecular flexibility index (Phi) is 5.23. The van der Waals surface area contributed by atoms with E-state index in [1.54, 1.807) is 0 Å². The van der Waals surface area contributed by atoms with Gasteiger partial charge in [0.2, 0.25) is 0 Å². The molecule has 3 unspecified atom stereocenters. The van der Waals surface area contributed by atoms with E-state index in [-0.39, 0.29) is 5.60 Å². The summed E-state index contributed by atoms with van der Waals surface area (Å²) in [5.74, 6) is 2.71. The normalized spacial score (nSPS) is 36.4. The van der Waals surface area contributed by atoms with Gasteiger partial charge in [-0.1, -0.05) is 20.3 Å². The molecule has 2 aliphatic heterocycles. The van der Waals surface area contributed by atoms with Crippen molar-refractivity contribution in [3.8, 4) is 0 Å². The van der Waals surface area contributed by atoms with E-state index in [0.29, 0.717) is 6.04 Å². The Bertz CT molecular complexity index is 320. The van der Waals surface area contributed by atoms with Crippen molar-refractivity contribution in [3.05, 3.63) is 0 Å². The van der Waals surface area contributed by atoms with Crippen molar-refractivity contribution in [1.29, 1.82) is 0 Å². The summed E-state index contributed by atoms with van der Waals surface area (Å²) in [4.78, 5) is 0. The average molecular weight is 295 g/mol. The van der Waals surface area contributed by atoms with Crippen molar-refractivity contribution in [2.75, 3.05) is 26.4 Å². The van der Waals surface area contributed by atoms with Crippen molar-refractivity contribution < 1.29 is 9.47 Å². The van der Waals surface area contributed by atoms with Crippen LogP contribution in [0.5, 0.6) is 0 Å². The van der Waals surface area contributed by atoms with Gasteiger partial charge in [0.15, 0.2) is 0 Å². The number of ether oxygens (including phenoxy) is 2. The SMILES string of the molecule is CC(C)NCC1CCCC1C1CCOC2(CCOCC2)C1. The van der Waals surface area contributed by atoms with Gasteiger partial charge in [0.1, 0.15) is 0 Å². The second-order valence-electron chi connectivity index (χ2n) is 7.81. The molecule has 0 aromatic carbocycles. The quantitative estimate of drug-likeness (QED) is 0.862. The summed E-state index contributed by atoms with van der Waals surface area (Å²) in [5, 5.41) is 3.68. The molecule has 122 valence electrons. The van der Waals surface area contributed by atoms with Crippen molar-refractivity contribution in [2.45, 2.75) is 70.4 Å². The fourth-order valence-electron chi connectivity index (χ4n) is 4.85. The maximum absolute atomic E-state index is 6.23. The lowest BCUT2D eigenvalue weighted by atomic mass is 9.72. The van der Waals surface area contributed by atoms with E-state index in [0.717, 1.165) is 50.4 Å². The van der Waals surface area contributed by atoms with E-state index < -0.39 is 0 Å². The van der Waals surface area contributed by atoms with E-state index in [4.69, 9.17) is 9.47 Å². The predicted molar refractivity (Wildman–Crippen MR) is 85.4 cm³/mol. The minimum Gasteiger partial charge on any atom is -0.381 e. The highest BCUT2D eigenvalue weighted by Crippen LogP contribution is 2.46. The zero-order valence-corrected chi connectivity index (χ0v) is 13.9. The van der Waals surface area contributed by atoms with Crippen LogP contribution in [0.2, 0.25) is 0 Å². The molecule has 0 aromatic heterocycles. The fraction of sp³-hybridized carbons (Fsp3) is 1.00. The average Bonchev–Trinajstić information content (AvgIpc) is 2.94. The van der Waals surface area contributed by atoms with Crippen LogP contribution in [-0.4, -0.2) is 38.0 Å². The number of hydrogen-bond donors (Lipinski definition) is 1. The van der Waals surface area contributed by atoms with Crippen molar-refractivity contribution in [1.82, 2.24) is 5.32 Å². The molecular weight excluding hydrogens is 262 g/mol. The zero-order valence-electron chi connectivity index (χ0n) is 13.9. The molecule has 1 N–H and O–H groups in total. The third kappa shape index (κ3) is 3.80. The first-order valence-corrected chi connectivity index (χ1v) is 9.14. The predicted octanol–water partition coefficient (Wildman–Crippen LogP) is 3.38. The Morgan fingerprint density at radius 2 is 1.90 bits per heavy atom. The molecule has 2 heterocycles. The van der Waals surface area contributed by atoms with Crippen LogP contribution in [-0.2, 0) is 9.47 Å². The molecule has 3 atom stereocenters. The van der Waals surface area contributed by atoms with Gasteiger partial charge in [-0.2, -0.15) is 0 Å². The summed E-state index contributed by atoms with van der Waals surface area (Å²) >= 11 is 0. The molecule has 0 radical (unpaired) electrons. The summed E-state index contributed by atoms with van der Waals surface area (Å²) in [6, 6.07) is 0.614. The van der Waals surface area contributed by atoms with Gasteiger partial charge in [0, 0.05) is 25.9 Å². The first-order chi connectivity index (χ1) is 10.2. The van der Waals surface area contributed by atoms with E-state index in [1.807, 2.05) is 0 Å². The molecule has 3 fully saturated rings. The van der Waals surface area contributed by atoms with Crippen LogP contribution in [0.25, 0.3) is 0 Å². The third-order valence-electron chi connectivity index (χ3n) is 6.05. The molecule has 3 nitrogen and oxygen atoms in total. The second-order valence-corrected chi connectivity index (χ2v) is 7.81. The fourth-order valence-corrected chi connectivity index (χ4v) is 4.85. The highest BCUT2D eigenvalue weighted by atomic mass is 16.5. The van der Waals surface area contributed by atoms with Gasteiger partial charge < -0.3 is 14.8 Å². The Morgan fingerprint density at radius 1 is 1.10 bits per heavy atom. The number of hydrogen-bond acceptors (Lipinski definition) is 3. The topological polar surface area (TPSA) is 30.5 Å². The lowest BCUT2D eigenvalue weighted by Gasteiger charge is -2.45. The van der Waals surface area contributed by atoms with Gasteiger partial charge in [-0.05, 0) is 62.8 Å². The minimum atomic E-state index is 0.166. The maximum Gasteiger partial charge on any atom is 0.0729 e. The van der Waals surface area contributed by atoms with Crippen molar-refractivity contribution in [3.63, 3.8) is 0 Å². The molecule has 3 heteroatoms. The van der Waals surface area contributed by atoms with Crippen LogP contribution in [0.15, 0.2) is 0 Å². The number of nitrogens with one attached hydrogen (secondary N) is 1. The smallest absolute Gasteiger partial charge is 0.0729 e. The summed E-state index contributed by atoms with van der Waals surface area (Å²) in [6.07, 6.45) is 9.11. The molecule has 0 bridgehead atoms. The highest BCUT2D eigenvalue weighted by Gasteiger charge is 2.43. The second kappa shape index (κ2) is 6.97. The van der Waals surface area contributed by atoms with Gasteiger partial charge in [-0.25, -0.2) is 0 Å². The summed E-state index contributed by atoms with van der Waals surface area (Å²) in [7, 11) is 0. The molecular formula is C18H33NO2. The monoisotopic (exact) mass is 295 g/mol. The van der Waals surface area contributed by atoms with Gasteiger partial charge in [0.25, 0.3) is 0 Å². The van der Waals surface area contributed by atoms with Crippen molar-refractivity contribution in [2.24, 2.45) is 17.8 Å². The Hall–Kier alpha value is -0.120. The van der Waals surface area contributed by atoms with Gasteiger partial charge >= 0.3 is 0 Å². The highest BCUT2D eigenvalue weighted by molar-refractivity contribution is 4.94. The van der Waals surface area contributed by atoms with Gasteiger partial charge in [0.05, 0.1) is 5.60 Å². The molecule has 3 rings (SSSR count). The molecule has 1 spiro atoms. The van der Waals surface area contributed by atoms with Gasteiger partial charge in [-0.3, -0.25) is 0 Å². The summed E-state index contributed by atoms with van der Waals surface area (Å²) in [5.41, 5.74) is 0.166.